The fourth-order valence-electron chi connectivity index (χ4n) is 2.92. The molecule has 0 radical (unpaired) electrons. The van der Waals surface area contributed by atoms with Gasteiger partial charge < -0.3 is 9.47 Å². The van der Waals surface area contributed by atoms with Gasteiger partial charge in [-0.25, -0.2) is 0 Å². The van der Waals surface area contributed by atoms with Crippen molar-refractivity contribution < 1.29 is 28.7 Å². The first-order valence-corrected chi connectivity index (χ1v) is 5.03. The Bertz CT molecular complexity index is 439. The van der Waals surface area contributed by atoms with E-state index in [1.165, 1.54) is 0 Å². The zero-order valence-corrected chi connectivity index (χ0v) is 8.23. The number of ether oxygens (including phenoxy) is 2. The van der Waals surface area contributed by atoms with Crippen molar-refractivity contribution >= 4 is 23.9 Å². The number of fused-ring (bicyclic) bond motifs is 3. The Hall–Kier alpha value is -1.72. The van der Waals surface area contributed by atoms with Crippen molar-refractivity contribution in [2.45, 2.75) is 19.3 Å². The highest BCUT2D eigenvalue weighted by atomic mass is 16.6. The standard InChI is InChI=1S/C10H8O6/c11-6-3-10(9(14)15-6)2-4-1-5(10)8(13)16-7(4)12/h4-5H,1-3H2/t4-,5?,10?/m0/s1. The van der Waals surface area contributed by atoms with E-state index in [1.54, 1.807) is 0 Å². The zero-order chi connectivity index (χ0) is 11.5. The van der Waals surface area contributed by atoms with Crippen molar-refractivity contribution in [3.63, 3.8) is 0 Å². The van der Waals surface area contributed by atoms with Crippen molar-refractivity contribution in [2.24, 2.45) is 17.3 Å². The molecular weight excluding hydrogens is 216 g/mol. The molecule has 3 rings (SSSR count). The summed E-state index contributed by atoms with van der Waals surface area (Å²) >= 11 is 0. The van der Waals surface area contributed by atoms with Gasteiger partial charge in [0.05, 0.1) is 23.7 Å². The van der Waals surface area contributed by atoms with Crippen LogP contribution < -0.4 is 0 Å². The Morgan fingerprint density at radius 2 is 1.81 bits per heavy atom. The fraction of sp³-hybridized carbons (Fsp3) is 0.600. The molecule has 2 saturated heterocycles. The molecule has 0 aromatic rings. The topological polar surface area (TPSA) is 86.7 Å². The van der Waals surface area contributed by atoms with Gasteiger partial charge in [0, 0.05) is 0 Å². The van der Waals surface area contributed by atoms with Crippen molar-refractivity contribution in [1.82, 2.24) is 0 Å². The van der Waals surface area contributed by atoms with Gasteiger partial charge in [0.1, 0.15) is 0 Å². The average Bonchev–Trinajstić information content (AvgIpc) is 2.66. The van der Waals surface area contributed by atoms with E-state index >= 15 is 0 Å². The minimum atomic E-state index is -1.13. The summed E-state index contributed by atoms with van der Waals surface area (Å²) in [6, 6.07) is 0. The van der Waals surface area contributed by atoms with E-state index < -0.39 is 41.1 Å². The lowest BCUT2D eigenvalue weighted by atomic mass is 9.76. The second-order valence-electron chi connectivity index (χ2n) is 4.52. The van der Waals surface area contributed by atoms with Crippen LogP contribution in [0.15, 0.2) is 0 Å². The Morgan fingerprint density at radius 1 is 1.06 bits per heavy atom. The van der Waals surface area contributed by atoms with Gasteiger partial charge in [-0.2, -0.15) is 0 Å². The second-order valence-corrected chi connectivity index (χ2v) is 4.52. The van der Waals surface area contributed by atoms with Crippen LogP contribution in [0.5, 0.6) is 0 Å². The molecule has 3 atom stereocenters. The third-order valence-electron chi connectivity index (χ3n) is 3.69. The molecule has 0 aromatic carbocycles. The molecule has 2 heterocycles. The van der Waals surface area contributed by atoms with Crippen molar-refractivity contribution in [1.29, 1.82) is 0 Å². The van der Waals surface area contributed by atoms with Crippen LogP contribution >= 0.6 is 0 Å². The number of hydrogen-bond acceptors (Lipinski definition) is 6. The summed E-state index contributed by atoms with van der Waals surface area (Å²) in [5.74, 6) is -3.76. The average molecular weight is 224 g/mol. The minimum absolute atomic E-state index is 0.116. The Kier molecular flexibility index (Phi) is 1.60. The zero-order valence-electron chi connectivity index (χ0n) is 8.23. The normalized spacial score (nSPS) is 41.5. The van der Waals surface area contributed by atoms with E-state index in [0.29, 0.717) is 6.42 Å². The molecular formula is C10H8O6. The summed E-state index contributed by atoms with van der Waals surface area (Å²) in [6.45, 7) is 0. The number of hydrogen-bond donors (Lipinski definition) is 0. The second kappa shape index (κ2) is 2.69. The van der Waals surface area contributed by atoms with Gasteiger partial charge in [0.15, 0.2) is 0 Å². The van der Waals surface area contributed by atoms with Crippen LogP contribution in [0.4, 0.5) is 0 Å². The predicted octanol–water partition coefficient (Wildman–Crippen LogP) is -0.444. The summed E-state index contributed by atoms with van der Waals surface area (Å²) in [7, 11) is 0. The van der Waals surface area contributed by atoms with Crippen LogP contribution in [0.1, 0.15) is 19.3 Å². The van der Waals surface area contributed by atoms with E-state index in [2.05, 4.69) is 9.47 Å². The molecule has 0 aromatic heterocycles. The van der Waals surface area contributed by atoms with Gasteiger partial charge in [0.25, 0.3) is 0 Å². The Morgan fingerprint density at radius 3 is 2.44 bits per heavy atom. The monoisotopic (exact) mass is 224 g/mol. The lowest BCUT2D eigenvalue weighted by molar-refractivity contribution is -0.172. The summed E-state index contributed by atoms with van der Waals surface area (Å²) in [5, 5.41) is 0. The van der Waals surface area contributed by atoms with Gasteiger partial charge in [-0.1, -0.05) is 0 Å². The summed E-state index contributed by atoms with van der Waals surface area (Å²) in [5.41, 5.74) is -1.13. The van der Waals surface area contributed by atoms with E-state index in [4.69, 9.17) is 0 Å². The lowest BCUT2D eigenvalue weighted by Crippen LogP contribution is -2.37. The van der Waals surface area contributed by atoms with Crippen LogP contribution in [-0.4, -0.2) is 23.9 Å². The maximum Gasteiger partial charge on any atom is 0.321 e. The third kappa shape index (κ3) is 0.963. The molecule has 3 fully saturated rings. The molecule has 0 amide bonds. The van der Waals surface area contributed by atoms with Gasteiger partial charge in [-0.3, -0.25) is 19.2 Å². The first-order chi connectivity index (χ1) is 7.53. The summed E-state index contributed by atoms with van der Waals surface area (Å²) in [6.07, 6.45) is 0.363. The first kappa shape index (κ1) is 9.50. The summed E-state index contributed by atoms with van der Waals surface area (Å²) < 4.78 is 9.04. The number of carbonyl (C=O) groups is 4. The Labute approximate surface area is 89.9 Å². The van der Waals surface area contributed by atoms with E-state index in [0.717, 1.165) is 0 Å². The van der Waals surface area contributed by atoms with E-state index in [-0.39, 0.29) is 12.8 Å². The highest BCUT2D eigenvalue weighted by molar-refractivity contribution is 6.04. The quantitative estimate of drug-likeness (QED) is 0.409. The number of cyclic esters (lactones) is 4. The number of rotatable bonds is 0. The maximum atomic E-state index is 11.6. The van der Waals surface area contributed by atoms with Gasteiger partial charge in [-0.15, -0.1) is 0 Å². The van der Waals surface area contributed by atoms with Crippen LogP contribution in [0.3, 0.4) is 0 Å². The largest absolute Gasteiger partial charge is 0.393 e. The molecule has 16 heavy (non-hydrogen) atoms. The fourth-order valence-corrected chi connectivity index (χ4v) is 2.92. The van der Waals surface area contributed by atoms with Gasteiger partial charge in [0.2, 0.25) is 0 Å². The highest BCUT2D eigenvalue weighted by Gasteiger charge is 2.65. The SMILES string of the molecule is O=C1CC2(C[C@@H]3CC2C(=O)OC3=O)C(=O)O1. The molecule has 1 aliphatic carbocycles. The van der Waals surface area contributed by atoms with Crippen LogP contribution in [0, 0.1) is 17.3 Å². The molecule has 2 aliphatic heterocycles. The van der Waals surface area contributed by atoms with Crippen molar-refractivity contribution in [3.8, 4) is 0 Å². The molecule has 0 N–H and O–H groups in total. The molecule has 6 heteroatoms. The van der Waals surface area contributed by atoms with Crippen LogP contribution in [0.25, 0.3) is 0 Å². The summed E-state index contributed by atoms with van der Waals surface area (Å²) in [4.78, 5) is 45.6. The minimum Gasteiger partial charge on any atom is -0.393 e. The first-order valence-electron chi connectivity index (χ1n) is 5.03. The highest BCUT2D eigenvalue weighted by Crippen LogP contribution is 2.55. The molecule has 2 bridgehead atoms. The van der Waals surface area contributed by atoms with Crippen LogP contribution in [-0.2, 0) is 28.7 Å². The van der Waals surface area contributed by atoms with Crippen molar-refractivity contribution in [3.05, 3.63) is 0 Å². The van der Waals surface area contributed by atoms with Crippen molar-refractivity contribution in [2.75, 3.05) is 0 Å². The molecule has 6 nitrogen and oxygen atoms in total. The van der Waals surface area contributed by atoms with Gasteiger partial charge >= 0.3 is 23.9 Å². The maximum absolute atomic E-state index is 11.6. The molecule has 2 unspecified atom stereocenters. The lowest BCUT2D eigenvalue weighted by Gasteiger charge is -2.23. The van der Waals surface area contributed by atoms with Gasteiger partial charge in [-0.05, 0) is 12.8 Å². The number of esters is 4. The third-order valence-corrected chi connectivity index (χ3v) is 3.69. The van der Waals surface area contributed by atoms with E-state index in [1.807, 2.05) is 0 Å². The van der Waals surface area contributed by atoms with E-state index in [9.17, 15) is 19.2 Å². The van der Waals surface area contributed by atoms with Crippen LogP contribution in [0.2, 0.25) is 0 Å². The molecule has 1 saturated carbocycles. The molecule has 84 valence electrons. The Balaban J connectivity index is 2.05. The molecule has 1 spiro atoms. The smallest absolute Gasteiger partial charge is 0.321 e. The number of carbonyl (C=O) groups excluding carboxylic acids is 4. The molecule has 3 aliphatic rings. The predicted molar refractivity (Wildman–Crippen MR) is 45.5 cm³/mol.